The van der Waals surface area contributed by atoms with Crippen molar-refractivity contribution in [3.8, 4) is 0 Å². The molecule has 2 aromatic carbocycles. The highest BCUT2D eigenvalue weighted by Crippen LogP contribution is 2.34. The van der Waals surface area contributed by atoms with Gasteiger partial charge in [-0.1, -0.05) is 48.5 Å². The highest BCUT2D eigenvalue weighted by Gasteiger charge is 2.44. The zero-order valence-corrected chi connectivity index (χ0v) is 18.3. The number of hydrogen-bond acceptors (Lipinski definition) is 5. The Morgan fingerprint density at radius 2 is 1.66 bits per heavy atom. The van der Waals surface area contributed by atoms with Crippen molar-refractivity contribution in [1.82, 2.24) is 9.80 Å². The molecule has 1 N–H and O–H groups in total. The first kappa shape index (κ1) is 21.6. The number of likely N-dealkylation sites (tertiary alicyclic amines) is 1. The first-order valence-electron chi connectivity index (χ1n) is 10.9. The first-order chi connectivity index (χ1) is 15.5. The Morgan fingerprint density at radius 1 is 1.00 bits per heavy atom. The number of piperidine rings is 1. The summed E-state index contributed by atoms with van der Waals surface area (Å²) in [6.45, 7) is 4.94. The molecule has 4 rings (SSSR count). The van der Waals surface area contributed by atoms with E-state index in [0.717, 1.165) is 11.3 Å². The van der Waals surface area contributed by atoms with E-state index >= 15 is 0 Å². The van der Waals surface area contributed by atoms with E-state index in [-0.39, 0.29) is 23.9 Å². The summed E-state index contributed by atoms with van der Waals surface area (Å²) in [5.41, 5.74) is 3.15. The molecule has 2 aromatic rings. The second-order valence-corrected chi connectivity index (χ2v) is 7.95. The molecule has 2 heterocycles. The predicted octanol–water partition coefficient (Wildman–Crippen LogP) is 3.81. The molecule has 0 saturated carbocycles. The summed E-state index contributed by atoms with van der Waals surface area (Å²) < 4.78 is 5.08. The molecular formula is C25H27N3O4. The zero-order chi connectivity index (χ0) is 22.7. The molecule has 3 amide bonds. The van der Waals surface area contributed by atoms with E-state index in [1.54, 1.807) is 11.8 Å². The SMILES string of the molecule is CCOC(=O)N1CCC(N2C(=O)C(Nc3ccccc3C)=C(c3ccccc3)C2=O)CC1. The minimum Gasteiger partial charge on any atom is -0.450 e. The maximum Gasteiger partial charge on any atom is 0.409 e. The molecule has 0 aliphatic carbocycles. The summed E-state index contributed by atoms with van der Waals surface area (Å²) in [6, 6.07) is 16.7. The number of imide groups is 1. The smallest absolute Gasteiger partial charge is 0.409 e. The molecule has 1 saturated heterocycles. The summed E-state index contributed by atoms with van der Waals surface area (Å²) in [4.78, 5) is 42.0. The molecule has 7 nitrogen and oxygen atoms in total. The molecule has 2 aliphatic heterocycles. The van der Waals surface area contributed by atoms with E-state index in [9.17, 15) is 14.4 Å². The van der Waals surface area contributed by atoms with Gasteiger partial charge in [-0.05, 0) is 43.9 Å². The topological polar surface area (TPSA) is 79.0 Å². The first-order valence-corrected chi connectivity index (χ1v) is 10.9. The number of anilines is 1. The Labute approximate surface area is 187 Å². The lowest BCUT2D eigenvalue weighted by Crippen LogP contribution is -2.49. The highest BCUT2D eigenvalue weighted by molar-refractivity contribution is 6.36. The van der Waals surface area contributed by atoms with E-state index in [0.29, 0.717) is 49.4 Å². The summed E-state index contributed by atoms with van der Waals surface area (Å²) >= 11 is 0. The van der Waals surface area contributed by atoms with Gasteiger partial charge in [-0.15, -0.1) is 0 Å². The molecule has 7 heteroatoms. The Bertz CT molecular complexity index is 1060. The Hall–Kier alpha value is -3.61. The highest BCUT2D eigenvalue weighted by atomic mass is 16.6. The average molecular weight is 434 g/mol. The lowest BCUT2D eigenvalue weighted by atomic mass is 10.0. The van der Waals surface area contributed by atoms with Gasteiger partial charge in [0, 0.05) is 24.8 Å². The predicted molar refractivity (Wildman–Crippen MR) is 122 cm³/mol. The van der Waals surface area contributed by atoms with E-state index < -0.39 is 0 Å². The Morgan fingerprint density at radius 3 is 2.31 bits per heavy atom. The number of benzene rings is 2. The monoisotopic (exact) mass is 433 g/mol. The fourth-order valence-corrected chi connectivity index (χ4v) is 4.24. The Balaban J connectivity index is 1.61. The number of ether oxygens (including phenoxy) is 1. The summed E-state index contributed by atoms with van der Waals surface area (Å²) in [5.74, 6) is -0.626. The lowest BCUT2D eigenvalue weighted by Gasteiger charge is -2.35. The van der Waals surface area contributed by atoms with Gasteiger partial charge >= 0.3 is 6.09 Å². The standard InChI is InChI=1S/C25H27N3O4/c1-3-32-25(31)27-15-13-19(14-16-27)28-23(29)21(18-10-5-4-6-11-18)22(24(28)30)26-20-12-8-7-9-17(20)2/h4-12,19,26H,3,13-16H2,1-2H3. The molecule has 0 spiro atoms. The fourth-order valence-electron chi connectivity index (χ4n) is 4.24. The van der Waals surface area contributed by atoms with Crippen molar-refractivity contribution in [3.63, 3.8) is 0 Å². The van der Waals surface area contributed by atoms with Crippen LogP contribution in [0.4, 0.5) is 10.5 Å². The fraction of sp³-hybridized carbons (Fsp3) is 0.320. The van der Waals surface area contributed by atoms with Gasteiger partial charge in [0.1, 0.15) is 5.70 Å². The molecular weight excluding hydrogens is 406 g/mol. The third-order valence-corrected chi connectivity index (χ3v) is 5.94. The van der Waals surface area contributed by atoms with Crippen molar-refractivity contribution in [2.45, 2.75) is 32.7 Å². The van der Waals surface area contributed by atoms with Gasteiger partial charge in [0.05, 0.1) is 12.2 Å². The minimum absolute atomic E-state index is 0.268. The van der Waals surface area contributed by atoms with Crippen LogP contribution < -0.4 is 5.32 Å². The van der Waals surface area contributed by atoms with E-state index in [1.807, 2.05) is 61.5 Å². The minimum atomic E-state index is -0.352. The number of amides is 3. The van der Waals surface area contributed by atoms with Crippen LogP contribution in [0.3, 0.4) is 0 Å². The maximum absolute atomic E-state index is 13.5. The molecule has 0 radical (unpaired) electrons. The van der Waals surface area contributed by atoms with Gasteiger partial charge in [0.2, 0.25) is 0 Å². The van der Waals surface area contributed by atoms with Gasteiger partial charge in [-0.25, -0.2) is 4.79 Å². The van der Waals surface area contributed by atoms with E-state index in [2.05, 4.69) is 5.32 Å². The van der Waals surface area contributed by atoms with E-state index in [1.165, 1.54) is 4.90 Å². The van der Waals surface area contributed by atoms with Gasteiger partial charge in [-0.2, -0.15) is 0 Å². The van der Waals surface area contributed by atoms with Crippen LogP contribution in [0, 0.1) is 6.92 Å². The zero-order valence-electron chi connectivity index (χ0n) is 18.3. The van der Waals surface area contributed by atoms with Gasteiger partial charge in [-0.3, -0.25) is 14.5 Å². The van der Waals surface area contributed by atoms with Crippen LogP contribution in [0.5, 0.6) is 0 Å². The summed E-state index contributed by atoms with van der Waals surface area (Å²) in [7, 11) is 0. The van der Waals surface area contributed by atoms with Gasteiger partial charge in [0.15, 0.2) is 0 Å². The van der Waals surface area contributed by atoms with Crippen molar-refractivity contribution >= 4 is 29.2 Å². The van der Waals surface area contributed by atoms with Crippen molar-refractivity contribution in [1.29, 1.82) is 0 Å². The van der Waals surface area contributed by atoms with Gasteiger partial charge < -0.3 is 15.0 Å². The van der Waals surface area contributed by atoms with Crippen molar-refractivity contribution in [2.75, 3.05) is 25.0 Å². The number of rotatable bonds is 5. The van der Waals surface area contributed by atoms with Crippen LogP contribution in [0.1, 0.15) is 30.9 Å². The summed E-state index contributed by atoms with van der Waals surface area (Å²) in [6.07, 6.45) is 0.696. The second-order valence-electron chi connectivity index (χ2n) is 7.95. The molecule has 0 atom stereocenters. The average Bonchev–Trinajstić information content (AvgIpc) is 3.05. The van der Waals surface area contributed by atoms with Crippen LogP contribution in [-0.4, -0.2) is 53.4 Å². The number of nitrogens with zero attached hydrogens (tertiary/aromatic N) is 2. The maximum atomic E-state index is 13.5. The van der Waals surface area contributed by atoms with Crippen LogP contribution in [0.2, 0.25) is 0 Å². The van der Waals surface area contributed by atoms with E-state index in [4.69, 9.17) is 4.74 Å². The number of hydrogen-bond donors (Lipinski definition) is 1. The molecule has 0 aromatic heterocycles. The second kappa shape index (κ2) is 9.26. The van der Waals surface area contributed by atoms with Crippen molar-refractivity contribution in [3.05, 3.63) is 71.4 Å². The van der Waals surface area contributed by atoms with Crippen molar-refractivity contribution < 1.29 is 19.1 Å². The molecule has 0 unspecified atom stereocenters. The summed E-state index contributed by atoms with van der Waals surface area (Å²) in [5, 5.41) is 3.23. The number of carbonyl (C=O) groups is 3. The Kier molecular flexibility index (Phi) is 6.25. The number of para-hydroxylation sites is 1. The molecule has 2 aliphatic rings. The van der Waals surface area contributed by atoms with Crippen LogP contribution >= 0.6 is 0 Å². The van der Waals surface area contributed by atoms with Crippen LogP contribution in [0.15, 0.2) is 60.3 Å². The molecule has 0 bridgehead atoms. The lowest BCUT2D eigenvalue weighted by molar-refractivity contribution is -0.140. The largest absolute Gasteiger partial charge is 0.450 e. The third kappa shape index (κ3) is 4.10. The van der Waals surface area contributed by atoms with Gasteiger partial charge in [0.25, 0.3) is 11.8 Å². The van der Waals surface area contributed by atoms with Crippen LogP contribution in [0.25, 0.3) is 5.57 Å². The normalized spacial score (nSPS) is 17.2. The van der Waals surface area contributed by atoms with Crippen molar-refractivity contribution in [2.24, 2.45) is 0 Å². The van der Waals surface area contributed by atoms with Crippen LogP contribution in [-0.2, 0) is 14.3 Å². The number of nitrogens with one attached hydrogen (secondary N) is 1. The number of aryl methyl sites for hydroxylation is 1. The molecule has 1 fully saturated rings. The third-order valence-electron chi connectivity index (χ3n) is 5.94. The molecule has 32 heavy (non-hydrogen) atoms. The number of carbonyl (C=O) groups excluding carboxylic acids is 3. The quantitative estimate of drug-likeness (QED) is 0.726. The molecule has 166 valence electrons.